The van der Waals surface area contributed by atoms with Crippen LogP contribution in [-0.4, -0.2) is 40.1 Å². The molecule has 0 fully saturated rings. The van der Waals surface area contributed by atoms with Gasteiger partial charge in [-0.15, -0.1) is 0 Å². The summed E-state index contributed by atoms with van der Waals surface area (Å²) in [5.74, 6) is 0.172. The minimum atomic E-state index is -0.149. The molecule has 1 aromatic rings. The smallest absolute Gasteiger partial charge is 0.315 e. The van der Waals surface area contributed by atoms with E-state index >= 15 is 0 Å². The van der Waals surface area contributed by atoms with Crippen molar-refractivity contribution in [3.8, 4) is 0 Å². The molecule has 0 radical (unpaired) electrons. The van der Waals surface area contributed by atoms with Crippen molar-refractivity contribution in [3.63, 3.8) is 0 Å². The highest BCUT2D eigenvalue weighted by Gasteiger charge is 2.19. The first-order valence-electron chi connectivity index (χ1n) is 6.98. The molecule has 1 aliphatic rings. The van der Waals surface area contributed by atoms with Crippen molar-refractivity contribution in [2.75, 3.05) is 13.2 Å². The average molecular weight is 278 g/mol. The van der Waals surface area contributed by atoms with Gasteiger partial charge in [-0.3, -0.25) is 4.68 Å². The van der Waals surface area contributed by atoms with Gasteiger partial charge in [0.05, 0.1) is 6.20 Å². The van der Waals surface area contributed by atoms with E-state index in [4.69, 9.17) is 5.11 Å². The fourth-order valence-electron chi connectivity index (χ4n) is 2.33. The highest BCUT2D eigenvalue weighted by molar-refractivity contribution is 5.74. The van der Waals surface area contributed by atoms with E-state index < -0.39 is 0 Å². The fraction of sp³-hybridized carbons (Fsp3) is 0.571. The standard InChI is InChI=1S/C14H22N4O2/c1-18-9-12(8-16-18)3-2-6-15-14(20)17-13-5-4-11(7-13)10-19/h4-5,8-9,11,13,19H,2-3,6-7,10H2,1H3,(H2,15,17,20)/t11-,13+/m0/s1. The van der Waals surface area contributed by atoms with Gasteiger partial charge in [0.1, 0.15) is 0 Å². The fourth-order valence-corrected chi connectivity index (χ4v) is 2.33. The Labute approximate surface area is 118 Å². The molecule has 0 unspecified atom stereocenters. The quantitative estimate of drug-likeness (QED) is 0.526. The Morgan fingerprint density at radius 2 is 2.40 bits per heavy atom. The van der Waals surface area contributed by atoms with Gasteiger partial charge in [0.2, 0.25) is 0 Å². The third kappa shape index (κ3) is 4.38. The van der Waals surface area contributed by atoms with Crippen molar-refractivity contribution in [1.29, 1.82) is 0 Å². The molecule has 1 aliphatic carbocycles. The van der Waals surface area contributed by atoms with Crippen LogP contribution in [0.5, 0.6) is 0 Å². The number of urea groups is 1. The van der Waals surface area contributed by atoms with Crippen LogP contribution in [0.4, 0.5) is 4.79 Å². The molecule has 20 heavy (non-hydrogen) atoms. The van der Waals surface area contributed by atoms with E-state index in [0.717, 1.165) is 19.3 Å². The number of nitrogens with zero attached hydrogens (tertiary/aromatic N) is 2. The number of aromatic nitrogens is 2. The molecule has 2 amide bonds. The van der Waals surface area contributed by atoms with Gasteiger partial charge in [0.15, 0.2) is 0 Å². The zero-order valence-electron chi connectivity index (χ0n) is 11.7. The number of carbonyl (C=O) groups is 1. The first-order valence-corrected chi connectivity index (χ1v) is 6.98. The van der Waals surface area contributed by atoms with Crippen LogP contribution in [0.3, 0.4) is 0 Å². The highest BCUT2D eigenvalue weighted by atomic mass is 16.3. The molecule has 110 valence electrons. The molecule has 0 saturated heterocycles. The molecule has 0 aromatic carbocycles. The molecule has 1 heterocycles. The predicted octanol–water partition coefficient (Wildman–Crippen LogP) is 0.589. The highest BCUT2D eigenvalue weighted by Crippen LogP contribution is 2.16. The normalized spacial score (nSPS) is 21.1. The van der Waals surface area contributed by atoms with Crippen molar-refractivity contribution >= 4 is 6.03 Å². The first-order chi connectivity index (χ1) is 9.67. The molecular weight excluding hydrogens is 256 g/mol. The van der Waals surface area contributed by atoms with E-state index in [-0.39, 0.29) is 24.6 Å². The summed E-state index contributed by atoms with van der Waals surface area (Å²) in [7, 11) is 1.89. The minimum absolute atomic E-state index is 0.0328. The second kappa shape index (κ2) is 7.09. The molecular formula is C14H22N4O2. The number of rotatable bonds is 6. The van der Waals surface area contributed by atoms with Crippen LogP contribution in [0.15, 0.2) is 24.5 Å². The molecule has 0 bridgehead atoms. The maximum absolute atomic E-state index is 11.7. The van der Waals surface area contributed by atoms with Gasteiger partial charge in [-0.05, 0) is 24.8 Å². The Bertz CT molecular complexity index is 469. The molecule has 0 spiro atoms. The lowest BCUT2D eigenvalue weighted by molar-refractivity contribution is 0.231. The number of aliphatic hydroxyl groups is 1. The van der Waals surface area contributed by atoms with Gasteiger partial charge in [0, 0.05) is 38.4 Å². The third-order valence-corrected chi connectivity index (χ3v) is 3.41. The largest absolute Gasteiger partial charge is 0.396 e. The third-order valence-electron chi connectivity index (χ3n) is 3.41. The average Bonchev–Trinajstić information content (AvgIpc) is 3.04. The Morgan fingerprint density at radius 1 is 1.55 bits per heavy atom. The lowest BCUT2D eigenvalue weighted by atomic mass is 10.1. The summed E-state index contributed by atoms with van der Waals surface area (Å²) in [6.07, 6.45) is 10.3. The SMILES string of the molecule is Cn1cc(CCCNC(=O)N[C@@H]2C=C[C@H](CO)C2)cn1. The number of hydrogen-bond donors (Lipinski definition) is 3. The van der Waals surface area contributed by atoms with Crippen LogP contribution >= 0.6 is 0 Å². The van der Waals surface area contributed by atoms with Gasteiger partial charge in [-0.25, -0.2) is 4.79 Å². The molecule has 3 N–H and O–H groups in total. The summed E-state index contributed by atoms with van der Waals surface area (Å²) in [5.41, 5.74) is 1.18. The predicted molar refractivity (Wildman–Crippen MR) is 76.2 cm³/mol. The van der Waals surface area contributed by atoms with Crippen molar-refractivity contribution in [2.45, 2.75) is 25.3 Å². The summed E-state index contributed by atoms with van der Waals surface area (Å²) in [6.45, 7) is 0.780. The number of aliphatic hydroxyl groups excluding tert-OH is 1. The van der Waals surface area contributed by atoms with Gasteiger partial charge in [-0.2, -0.15) is 5.10 Å². The van der Waals surface area contributed by atoms with Gasteiger partial charge >= 0.3 is 6.03 Å². The van der Waals surface area contributed by atoms with Crippen LogP contribution in [0.1, 0.15) is 18.4 Å². The van der Waals surface area contributed by atoms with Crippen molar-refractivity contribution in [2.24, 2.45) is 13.0 Å². The van der Waals surface area contributed by atoms with E-state index in [2.05, 4.69) is 15.7 Å². The van der Waals surface area contributed by atoms with Crippen LogP contribution in [0.2, 0.25) is 0 Å². The van der Waals surface area contributed by atoms with Crippen LogP contribution < -0.4 is 10.6 Å². The van der Waals surface area contributed by atoms with E-state index in [1.807, 2.05) is 31.6 Å². The number of hydrogen-bond acceptors (Lipinski definition) is 3. The number of carbonyl (C=O) groups excluding carboxylic acids is 1. The second-order valence-corrected chi connectivity index (χ2v) is 5.20. The zero-order valence-corrected chi connectivity index (χ0v) is 11.7. The summed E-state index contributed by atoms with van der Waals surface area (Å²) >= 11 is 0. The summed E-state index contributed by atoms with van der Waals surface area (Å²) in [6, 6.07) is -0.116. The van der Waals surface area contributed by atoms with Crippen LogP contribution in [0.25, 0.3) is 0 Å². The monoisotopic (exact) mass is 278 g/mol. The molecule has 6 nitrogen and oxygen atoms in total. The molecule has 1 aromatic heterocycles. The lowest BCUT2D eigenvalue weighted by Crippen LogP contribution is -2.41. The second-order valence-electron chi connectivity index (χ2n) is 5.20. The van der Waals surface area contributed by atoms with E-state index in [0.29, 0.717) is 6.54 Å². The maximum Gasteiger partial charge on any atom is 0.315 e. The zero-order chi connectivity index (χ0) is 14.4. The van der Waals surface area contributed by atoms with Crippen molar-refractivity contribution in [1.82, 2.24) is 20.4 Å². The Kier molecular flexibility index (Phi) is 5.17. The van der Waals surface area contributed by atoms with E-state index in [9.17, 15) is 4.79 Å². The number of nitrogens with one attached hydrogen (secondary N) is 2. The first kappa shape index (κ1) is 14.6. The van der Waals surface area contributed by atoms with Crippen molar-refractivity contribution in [3.05, 3.63) is 30.1 Å². The summed E-state index contributed by atoms with van der Waals surface area (Å²) < 4.78 is 1.78. The Balaban J connectivity index is 1.58. The molecule has 2 rings (SSSR count). The number of aryl methyl sites for hydroxylation is 2. The van der Waals surface area contributed by atoms with E-state index in [1.54, 1.807) is 4.68 Å². The Hall–Kier alpha value is -1.82. The van der Waals surface area contributed by atoms with Gasteiger partial charge in [0.25, 0.3) is 0 Å². The summed E-state index contributed by atoms with van der Waals surface area (Å²) in [4.78, 5) is 11.7. The van der Waals surface area contributed by atoms with E-state index in [1.165, 1.54) is 5.56 Å². The van der Waals surface area contributed by atoms with Crippen LogP contribution in [-0.2, 0) is 13.5 Å². The Morgan fingerprint density at radius 3 is 3.05 bits per heavy atom. The number of amides is 2. The van der Waals surface area contributed by atoms with Gasteiger partial charge < -0.3 is 15.7 Å². The molecule has 6 heteroatoms. The summed E-state index contributed by atoms with van der Waals surface area (Å²) in [5, 5.41) is 18.8. The maximum atomic E-state index is 11.7. The lowest BCUT2D eigenvalue weighted by Gasteiger charge is -2.13. The van der Waals surface area contributed by atoms with Crippen molar-refractivity contribution < 1.29 is 9.90 Å². The molecule has 0 saturated carbocycles. The van der Waals surface area contributed by atoms with Crippen LogP contribution in [0, 0.1) is 5.92 Å². The minimum Gasteiger partial charge on any atom is -0.396 e. The molecule has 0 aliphatic heterocycles. The topological polar surface area (TPSA) is 79.2 Å². The van der Waals surface area contributed by atoms with Gasteiger partial charge in [-0.1, -0.05) is 12.2 Å². The molecule has 2 atom stereocenters.